The third kappa shape index (κ3) is 3.47. The van der Waals surface area contributed by atoms with Crippen molar-refractivity contribution in [1.82, 2.24) is 5.32 Å². The van der Waals surface area contributed by atoms with Crippen molar-refractivity contribution in [3.05, 3.63) is 29.8 Å². The zero-order valence-corrected chi connectivity index (χ0v) is 11.1. The van der Waals surface area contributed by atoms with Crippen molar-refractivity contribution < 1.29 is 9.53 Å². The average molecular weight is 248 g/mol. The van der Waals surface area contributed by atoms with Crippen LogP contribution in [0.25, 0.3) is 0 Å². The Balaban J connectivity index is 1.91. The highest BCUT2D eigenvalue weighted by Gasteiger charge is 2.19. The van der Waals surface area contributed by atoms with Crippen LogP contribution in [-0.4, -0.2) is 18.2 Å². The molecule has 1 heterocycles. The number of hydrogen-bond donors (Lipinski definition) is 2. The Labute approximate surface area is 108 Å². The third-order valence-electron chi connectivity index (χ3n) is 2.78. The van der Waals surface area contributed by atoms with E-state index in [0.29, 0.717) is 6.04 Å². The van der Waals surface area contributed by atoms with Crippen LogP contribution in [0, 0.1) is 0 Å². The quantitative estimate of drug-likeness (QED) is 0.845. The first-order chi connectivity index (χ1) is 8.44. The number of hydrogen-bond acceptors (Lipinski definition) is 3. The van der Waals surface area contributed by atoms with Crippen molar-refractivity contribution >= 4 is 11.8 Å². The number of carbonyl (C=O) groups excluding carboxylic acids is 1. The smallest absolute Gasteiger partial charge is 0.412 e. The monoisotopic (exact) mass is 248 g/mol. The van der Waals surface area contributed by atoms with Gasteiger partial charge in [-0.1, -0.05) is 12.1 Å². The lowest BCUT2D eigenvalue weighted by atomic mass is 9.98. The SMILES string of the molecule is CC(C)(C)OC(=O)Nc1ccc(C2CCN2)cc1. The second-order valence-electron chi connectivity index (χ2n) is 5.54. The summed E-state index contributed by atoms with van der Waals surface area (Å²) in [6.07, 6.45) is 0.760. The minimum absolute atomic E-state index is 0.419. The zero-order valence-electron chi connectivity index (χ0n) is 11.1. The van der Waals surface area contributed by atoms with E-state index in [1.807, 2.05) is 45.0 Å². The molecule has 4 heteroatoms. The standard InChI is InChI=1S/C14H20N2O2/c1-14(2,3)18-13(17)16-11-6-4-10(5-7-11)12-8-9-15-12/h4-7,12,15H,8-9H2,1-3H3,(H,16,17). The third-order valence-corrected chi connectivity index (χ3v) is 2.78. The van der Waals surface area contributed by atoms with Crippen molar-refractivity contribution in [2.45, 2.75) is 38.8 Å². The van der Waals surface area contributed by atoms with Gasteiger partial charge < -0.3 is 10.1 Å². The Kier molecular flexibility index (Phi) is 3.57. The van der Waals surface area contributed by atoms with E-state index in [0.717, 1.165) is 12.2 Å². The molecule has 0 saturated carbocycles. The van der Waals surface area contributed by atoms with Gasteiger partial charge in [-0.25, -0.2) is 4.79 Å². The number of carbonyl (C=O) groups is 1. The molecule has 2 rings (SSSR count). The topological polar surface area (TPSA) is 50.4 Å². The maximum Gasteiger partial charge on any atom is 0.412 e. The number of amides is 1. The van der Waals surface area contributed by atoms with Crippen LogP contribution in [0.15, 0.2) is 24.3 Å². The molecular formula is C14H20N2O2. The molecule has 0 bridgehead atoms. The summed E-state index contributed by atoms with van der Waals surface area (Å²) in [6.45, 7) is 6.62. The van der Waals surface area contributed by atoms with Gasteiger partial charge in [0.2, 0.25) is 0 Å². The lowest BCUT2D eigenvalue weighted by Gasteiger charge is -2.28. The van der Waals surface area contributed by atoms with Gasteiger partial charge in [0.05, 0.1) is 0 Å². The number of anilines is 1. The van der Waals surface area contributed by atoms with Gasteiger partial charge in [0.25, 0.3) is 0 Å². The van der Waals surface area contributed by atoms with Crippen LogP contribution in [-0.2, 0) is 4.74 Å². The molecule has 0 aromatic heterocycles. The fourth-order valence-corrected chi connectivity index (χ4v) is 1.79. The molecule has 0 spiro atoms. The molecule has 18 heavy (non-hydrogen) atoms. The van der Waals surface area contributed by atoms with Gasteiger partial charge >= 0.3 is 6.09 Å². The molecule has 1 amide bonds. The predicted octanol–water partition coefficient (Wildman–Crippen LogP) is 3.07. The second kappa shape index (κ2) is 4.98. The molecule has 1 unspecified atom stereocenters. The molecule has 98 valence electrons. The second-order valence-corrected chi connectivity index (χ2v) is 5.54. The molecule has 2 N–H and O–H groups in total. The molecule has 1 aliphatic rings. The Morgan fingerprint density at radius 2 is 1.94 bits per heavy atom. The van der Waals surface area contributed by atoms with E-state index in [9.17, 15) is 4.79 Å². The highest BCUT2D eigenvalue weighted by atomic mass is 16.6. The molecule has 4 nitrogen and oxygen atoms in total. The summed E-state index contributed by atoms with van der Waals surface area (Å²) in [5.41, 5.74) is 1.54. The van der Waals surface area contributed by atoms with Crippen LogP contribution in [0.3, 0.4) is 0 Å². The zero-order chi connectivity index (χ0) is 13.2. The van der Waals surface area contributed by atoms with Gasteiger partial charge in [0.15, 0.2) is 0 Å². The Morgan fingerprint density at radius 1 is 1.33 bits per heavy atom. The molecule has 1 fully saturated rings. The molecular weight excluding hydrogens is 228 g/mol. The summed E-state index contributed by atoms with van der Waals surface area (Å²) in [5.74, 6) is 0. The van der Waals surface area contributed by atoms with Gasteiger partial charge in [-0.05, 0) is 51.4 Å². The molecule has 1 aromatic carbocycles. The van der Waals surface area contributed by atoms with E-state index in [-0.39, 0.29) is 0 Å². The van der Waals surface area contributed by atoms with Gasteiger partial charge in [-0.2, -0.15) is 0 Å². The number of nitrogens with one attached hydrogen (secondary N) is 2. The minimum atomic E-state index is -0.472. The summed E-state index contributed by atoms with van der Waals surface area (Å²) in [6, 6.07) is 8.34. The number of ether oxygens (including phenoxy) is 1. The Morgan fingerprint density at radius 3 is 2.39 bits per heavy atom. The Bertz CT molecular complexity index is 416. The first-order valence-corrected chi connectivity index (χ1v) is 6.27. The summed E-state index contributed by atoms with van der Waals surface area (Å²) in [5, 5.41) is 6.06. The van der Waals surface area contributed by atoms with Crippen LogP contribution in [0.4, 0.5) is 10.5 Å². The Hall–Kier alpha value is -1.55. The van der Waals surface area contributed by atoms with Crippen molar-refractivity contribution in [3.8, 4) is 0 Å². The maximum atomic E-state index is 11.6. The van der Waals surface area contributed by atoms with Gasteiger partial charge in [0, 0.05) is 11.7 Å². The van der Waals surface area contributed by atoms with Crippen LogP contribution < -0.4 is 10.6 Å². The fraction of sp³-hybridized carbons (Fsp3) is 0.500. The van der Waals surface area contributed by atoms with Crippen molar-refractivity contribution in [3.63, 3.8) is 0 Å². The van der Waals surface area contributed by atoms with Crippen molar-refractivity contribution in [2.24, 2.45) is 0 Å². The summed E-state index contributed by atoms with van der Waals surface area (Å²) in [4.78, 5) is 11.6. The summed E-state index contributed by atoms with van der Waals surface area (Å²) < 4.78 is 5.19. The molecule has 0 radical (unpaired) electrons. The predicted molar refractivity (Wildman–Crippen MR) is 71.7 cm³/mol. The molecule has 1 saturated heterocycles. The number of rotatable bonds is 2. The average Bonchev–Trinajstić information content (AvgIpc) is 2.15. The van der Waals surface area contributed by atoms with Crippen LogP contribution >= 0.6 is 0 Å². The van der Waals surface area contributed by atoms with Crippen LogP contribution in [0.2, 0.25) is 0 Å². The van der Waals surface area contributed by atoms with Gasteiger partial charge in [0.1, 0.15) is 5.60 Å². The molecule has 1 aromatic rings. The van der Waals surface area contributed by atoms with E-state index in [4.69, 9.17) is 4.74 Å². The lowest BCUT2D eigenvalue weighted by Crippen LogP contribution is -2.34. The van der Waals surface area contributed by atoms with E-state index >= 15 is 0 Å². The largest absolute Gasteiger partial charge is 0.444 e. The van der Waals surface area contributed by atoms with E-state index in [2.05, 4.69) is 10.6 Å². The van der Waals surface area contributed by atoms with Crippen molar-refractivity contribution in [1.29, 1.82) is 0 Å². The first kappa shape index (κ1) is 12.9. The first-order valence-electron chi connectivity index (χ1n) is 6.27. The normalized spacial score (nSPS) is 18.9. The van der Waals surface area contributed by atoms with E-state index < -0.39 is 11.7 Å². The molecule has 1 aliphatic heterocycles. The molecule has 0 aliphatic carbocycles. The van der Waals surface area contributed by atoms with Crippen LogP contribution in [0.1, 0.15) is 38.8 Å². The summed E-state index contributed by atoms with van der Waals surface area (Å²) in [7, 11) is 0. The summed E-state index contributed by atoms with van der Waals surface area (Å²) >= 11 is 0. The van der Waals surface area contributed by atoms with Crippen molar-refractivity contribution in [2.75, 3.05) is 11.9 Å². The maximum absolute atomic E-state index is 11.6. The van der Waals surface area contributed by atoms with E-state index in [1.165, 1.54) is 12.0 Å². The minimum Gasteiger partial charge on any atom is -0.444 e. The van der Waals surface area contributed by atoms with Gasteiger partial charge in [-0.15, -0.1) is 0 Å². The van der Waals surface area contributed by atoms with Crippen LogP contribution in [0.5, 0.6) is 0 Å². The van der Waals surface area contributed by atoms with E-state index in [1.54, 1.807) is 0 Å². The molecule has 1 atom stereocenters. The van der Waals surface area contributed by atoms with Gasteiger partial charge in [-0.3, -0.25) is 5.32 Å². The lowest BCUT2D eigenvalue weighted by molar-refractivity contribution is 0.0636. The highest BCUT2D eigenvalue weighted by Crippen LogP contribution is 2.24. The highest BCUT2D eigenvalue weighted by molar-refractivity contribution is 5.84. The number of benzene rings is 1. The fourth-order valence-electron chi connectivity index (χ4n) is 1.79.